The number of hydrogen-bond donors (Lipinski definition) is 2. The zero-order valence-electron chi connectivity index (χ0n) is 16.2. The highest BCUT2D eigenvalue weighted by atomic mass is 32.2. The Morgan fingerprint density at radius 2 is 2.00 bits per heavy atom. The van der Waals surface area contributed by atoms with Crippen LogP contribution in [0.5, 0.6) is 11.5 Å². The van der Waals surface area contributed by atoms with Gasteiger partial charge in [0.15, 0.2) is 11.5 Å². The number of ether oxygens (including phenoxy) is 2. The van der Waals surface area contributed by atoms with Gasteiger partial charge >= 0.3 is 0 Å². The Morgan fingerprint density at radius 3 is 2.76 bits per heavy atom. The van der Waals surface area contributed by atoms with E-state index in [1.165, 1.54) is 6.07 Å². The number of amides is 1. The van der Waals surface area contributed by atoms with Crippen molar-refractivity contribution >= 4 is 21.6 Å². The molecule has 2 aromatic rings. The molecule has 2 atom stereocenters. The van der Waals surface area contributed by atoms with Crippen LogP contribution in [0.3, 0.4) is 0 Å². The fourth-order valence-electron chi connectivity index (χ4n) is 3.80. The van der Waals surface area contributed by atoms with Crippen molar-refractivity contribution in [2.45, 2.75) is 37.2 Å². The summed E-state index contributed by atoms with van der Waals surface area (Å²) < 4.78 is 33.9. The Labute approximate surface area is 169 Å². The molecule has 0 fully saturated rings. The van der Waals surface area contributed by atoms with Crippen molar-refractivity contribution in [3.63, 3.8) is 0 Å². The van der Waals surface area contributed by atoms with E-state index >= 15 is 0 Å². The molecule has 1 amide bonds. The largest absolute Gasteiger partial charge is 0.454 e. The summed E-state index contributed by atoms with van der Waals surface area (Å²) in [5.41, 5.74) is 2.66. The van der Waals surface area contributed by atoms with Gasteiger partial charge in [0.1, 0.15) is 0 Å². The van der Waals surface area contributed by atoms with Crippen molar-refractivity contribution in [1.29, 1.82) is 0 Å². The third-order valence-electron chi connectivity index (χ3n) is 5.32. The minimum atomic E-state index is -3.75. The first-order valence-corrected chi connectivity index (χ1v) is 10.9. The Kier molecular flexibility index (Phi) is 4.87. The first-order valence-electron chi connectivity index (χ1n) is 9.33. The number of carbonyl (C=O) groups excluding carboxylic acids is 1. The van der Waals surface area contributed by atoms with Crippen molar-refractivity contribution in [1.82, 2.24) is 5.32 Å². The van der Waals surface area contributed by atoms with Gasteiger partial charge in [-0.05, 0) is 61.7 Å². The maximum absolute atomic E-state index is 12.7. The van der Waals surface area contributed by atoms with Crippen molar-refractivity contribution in [2.75, 3.05) is 18.2 Å². The lowest BCUT2D eigenvalue weighted by Gasteiger charge is -2.25. The Morgan fingerprint density at radius 1 is 1.24 bits per heavy atom. The van der Waals surface area contributed by atoms with Crippen LogP contribution in [0, 0.1) is 0 Å². The zero-order valence-corrected chi connectivity index (χ0v) is 17.0. The number of nitrogens with zero attached hydrogens (tertiary/aromatic N) is 1. The second-order valence-corrected chi connectivity index (χ2v) is 8.98. The average molecular weight is 417 g/mol. The highest BCUT2D eigenvalue weighted by molar-refractivity contribution is 7.89. The van der Waals surface area contributed by atoms with Crippen LogP contribution < -0.4 is 24.8 Å². The van der Waals surface area contributed by atoms with Gasteiger partial charge in [0.25, 0.3) is 0 Å². The number of anilines is 1. The summed E-state index contributed by atoms with van der Waals surface area (Å²) >= 11 is 0. The second-order valence-electron chi connectivity index (χ2n) is 7.42. The van der Waals surface area contributed by atoms with E-state index < -0.39 is 10.0 Å². The lowest BCUT2D eigenvalue weighted by atomic mass is 10.1. The molecule has 9 heteroatoms. The van der Waals surface area contributed by atoms with Crippen LogP contribution in [0.15, 0.2) is 41.3 Å². The Balaban J connectivity index is 1.45. The summed E-state index contributed by atoms with van der Waals surface area (Å²) in [7, 11) is -3.75. The number of hydrogen-bond acceptors (Lipinski definition) is 6. The van der Waals surface area contributed by atoms with Crippen molar-refractivity contribution < 1.29 is 22.7 Å². The predicted molar refractivity (Wildman–Crippen MR) is 107 cm³/mol. The van der Waals surface area contributed by atoms with E-state index in [2.05, 4.69) is 5.32 Å². The van der Waals surface area contributed by atoms with Gasteiger partial charge in [0.2, 0.25) is 22.7 Å². The number of nitrogens with two attached hydrogens (primary N) is 1. The molecule has 0 unspecified atom stereocenters. The number of benzene rings is 2. The lowest BCUT2D eigenvalue weighted by Crippen LogP contribution is -2.40. The molecule has 0 radical (unpaired) electrons. The number of primary sulfonamides is 1. The Bertz CT molecular complexity index is 1070. The van der Waals surface area contributed by atoms with Gasteiger partial charge < -0.3 is 19.7 Å². The van der Waals surface area contributed by atoms with Crippen LogP contribution in [-0.2, 0) is 21.2 Å². The fraction of sp³-hybridized carbons (Fsp3) is 0.350. The summed E-state index contributed by atoms with van der Waals surface area (Å²) in [4.78, 5) is 14.7. The normalized spacial score (nSPS) is 18.4. The van der Waals surface area contributed by atoms with Gasteiger partial charge in [-0.3, -0.25) is 4.79 Å². The van der Waals surface area contributed by atoms with Gasteiger partial charge in [-0.15, -0.1) is 0 Å². The van der Waals surface area contributed by atoms with Crippen LogP contribution in [0.25, 0.3) is 0 Å². The molecule has 0 aliphatic carbocycles. The number of nitrogens with one attached hydrogen (secondary N) is 1. The third kappa shape index (κ3) is 3.88. The van der Waals surface area contributed by atoms with Crippen molar-refractivity contribution in [2.24, 2.45) is 5.14 Å². The molecule has 4 rings (SSSR count). The molecular formula is C20H23N3O5S. The molecule has 8 nitrogen and oxygen atoms in total. The molecule has 3 N–H and O–H groups in total. The molecule has 0 aromatic heterocycles. The fourth-order valence-corrected chi connectivity index (χ4v) is 4.36. The quantitative estimate of drug-likeness (QED) is 0.766. The number of rotatable bonds is 5. The molecule has 0 saturated heterocycles. The summed E-state index contributed by atoms with van der Waals surface area (Å²) in [6.45, 7) is 4.30. The molecule has 0 bridgehead atoms. The zero-order chi connectivity index (χ0) is 20.8. The lowest BCUT2D eigenvalue weighted by molar-refractivity contribution is -0.120. The van der Waals surface area contributed by atoms with Crippen molar-refractivity contribution in [3.8, 4) is 11.5 Å². The minimum absolute atomic E-state index is 0.0762. The standard InChI is InChI=1S/C20H23N3O5S/c1-12-7-15-8-16(29(21,25)26)4-5-17(15)23(12)10-20(24)22-13(2)14-3-6-18-19(9-14)28-11-27-18/h3-6,8-9,12-13H,7,10-11H2,1-2H3,(H,22,24)(H2,21,25,26)/t12-,13-/m0/s1. The first-order chi connectivity index (χ1) is 13.7. The van der Waals surface area contributed by atoms with E-state index in [1.807, 2.05) is 36.9 Å². The number of fused-ring (bicyclic) bond motifs is 2. The van der Waals surface area contributed by atoms with E-state index in [9.17, 15) is 13.2 Å². The average Bonchev–Trinajstić information content (AvgIpc) is 3.24. The Hall–Kier alpha value is -2.78. The van der Waals surface area contributed by atoms with E-state index in [-0.39, 0.29) is 36.2 Å². The van der Waals surface area contributed by atoms with E-state index in [4.69, 9.17) is 14.6 Å². The number of carbonyl (C=O) groups is 1. The topological polar surface area (TPSA) is 111 Å². The van der Waals surface area contributed by atoms with E-state index in [0.29, 0.717) is 17.9 Å². The summed E-state index contributed by atoms with van der Waals surface area (Å²) in [6, 6.07) is 10.3. The van der Waals surface area contributed by atoms with Crippen molar-refractivity contribution in [3.05, 3.63) is 47.5 Å². The molecule has 0 spiro atoms. The molecular weight excluding hydrogens is 394 g/mol. The van der Waals surface area contributed by atoms with Crippen LogP contribution in [-0.4, -0.2) is 33.7 Å². The molecule has 2 heterocycles. The second kappa shape index (κ2) is 7.23. The van der Waals surface area contributed by atoms with Gasteiger partial charge in [-0.25, -0.2) is 13.6 Å². The van der Waals surface area contributed by atoms with Gasteiger partial charge in [0, 0.05) is 11.7 Å². The summed E-state index contributed by atoms with van der Waals surface area (Å²) in [5.74, 6) is 1.26. The van der Waals surface area contributed by atoms with Gasteiger partial charge in [0.05, 0.1) is 17.5 Å². The van der Waals surface area contributed by atoms with Gasteiger partial charge in [-0.2, -0.15) is 0 Å². The molecule has 0 saturated carbocycles. The highest BCUT2D eigenvalue weighted by Crippen LogP contribution is 2.35. The maximum atomic E-state index is 12.7. The number of sulfonamides is 1. The summed E-state index contributed by atoms with van der Waals surface area (Å²) in [5, 5.41) is 8.23. The minimum Gasteiger partial charge on any atom is -0.454 e. The molecule has 154 valence electrons. The molecule has 29 heavy (non-hydrogen) atoms. The van der Waals surface area contributed by atoms with Crippen LogP contribution in [0.4, 0.5) is 5.69 Å². The molecule has 2 aliphatic heterocycles. The van der Waals surface area contributed by atoms with E-state index in [0.717, 1.165) is 16.8 Å². The molecule has 2 aromatic carbocycles. The molecule has 2 aliphatic rings. The van der Waals surface area contributed by atoms with Crippen LogP contribution in [0.2, 0.25) is 0 Å². The highest BCUT2D eigenvalue weighted by Gasteiger charge is 2.29. The summed E-state index contributed by atoms with van der Waals surface area (Å²) in [6.07, 6.45) is 0.656. The monoisotopic (exact) mass is 417 g/mol. The van der Waals surface area contributed by atoms with Gasteiger partial charge in [-0.1, -0.05) is 6.07 Å². The van der Waals surface area contributed by atoms with E-state index in [1.54, 1.807) is 12.1 Å². The van der Waals surface area contributed by atoms with Crippen LogP contribution in [0.1, 0.15) is 31.0 Å². The first kappa shape index (κ1) is 19.5. The van der Waals surface area contributed by atoms with Crippen LogP contribution >= 0.6 is 0 Å². The smallest absolute Gasteiger partial charge is 0.240 e. The predicted octanol–water partition coefficient (Wildman–Crippen LogP) is 1.69. The maximum Gasteiger partial charge on any atom is 0.240 e. The third-order valence-corrected chi connectivity index (χ3v) is 6.24. The SMILES string of the molecule is C[C@H](NC(=O)CN1c2ccc(S(N)(=O)=O)cc2C[C@@H]1C)c1ccc2c(c1)OCO2.